The molecule has 8 heteroatoms. The summed E-state index contributed by atoms with van der Waals surface area (Å²) in [6, 6.07) is 10.6. The molecular weight excluding hydrogens is 341 g/mol. The van der Waals surface area contributed by atoms with Crippen molar-refractivity contribution in [3.05, 3.63) is 59.0 Å². The van der Waals surface area contributed by atoms with Crippen molar-refractivity contribution in [3.8, 4) is 0 Å². The van der Waals surface area contributed by atoms with Crippen LogP contribution in [0, 0.1) is 12.7 Å². The second kappa shape index (κ2) is 5.75. The first-order valence-corrected chi connectivity index (χ1v) is 8.44. The fraction of sp³-hybridized carbons (Fsp3) is 0.0667. The highest BCUT2D eigenvalue weighted by Crippen LogP contribution is 2.24. The standard InChI is InChI=1S/C15H11ClFN3O2S/c1-9-6-7-10(8-11(9)17)23(21,22)20-15-14(16)18-12-4-2-3-5-13(12)19-15/h2-8H,1H3,(H,19,20). The highest BCUT2D eigenvalue weighted by molar-refractivity contribution is 7.92. The van der Waals surface area contributed by atoms with Gasteiger partial charge in [-0.25, -0.2) is 22.8 Å². The lowest BCUT2D eigenvalue weighted by atomic mass is 10.2. The fourth-order valence-corrected chi connectivity index (χ4v) is 3.23. The van der Waals surface area contributed by atoms with Crippen LogP contribution in [-0.2, 0) is 10.0 Å². The molecular formula is C15H11ClFN3O2S. The molecule has 1 heterocycles. The molecule has 0 bridgehead atoms. The third-order valence-electron chi connectivity index (χ3n) is 3.21. The molecule has 1 N–H and O–H groups in total. The summed E-state index contributed by atoms with van der Waals surface area (Å²) < 4.78 is 40.5. The zero-order valence-corrected chi connectivity index (χ0v) is 13.5. The van der Waals surface area contributed by atoms with Gasteiger partial charge in [-0.2, -0.15) is 0 Å². The number of halogens is 2. The van der Waals surface area contributed by atoms with Gasteiger partial charge in [-0.05, 0) is 36.8 Å². The Morgan fingerprint density at radius 1 is 1.09 bits per heavy atom. The van der Waals surface area contributed by atoms with E-state index in [9.17, 15) is 12.8 Å². The lowest BCUT2D eigenvalue weighted by Crippen LogP contribution is -2.15. The Labute approximate surface area is 137 Å². The predicted octanol–water partition coefficient (Wildman–Crippen LogP) is 3.53. The average molecular weight is 352 g/mol. The van der Waals surface area contributed by atoms with Crippen molar-refractivity contribution in [1.29, 1.82) is 0 Å². The van der Waals surface area contributed by atoms with Crippen LogP contribution < -0.4 is 4.72 Å². The first kappa shape index (κ1) is 15.6. The summed E-state index contributed by atoms with van der Waals surface area (Å²) in [5, 5.41) is -0.0835. The maximum atomic E-state index is 13.6. The van der Waals surface area contributed by atoms with E-state index < -0.39 is 15.8 Å². The number of benzene rings is 2. The highest BCUT2D eigenvalue weighted by Gasteiger charge is 2.19. The van der Waals surface area contributed by atoms with Crippen LogP contribution in [0.3, 0.4) is 0 Å². The van der Waals surface area contributed by atoms with Gasteiger partial charge in [-0.15, -0.1) is 0 Å². The minimum absolute atomic E-state index is 0.0835. The number of rotatable bonds is 3. The molecule has 3 rings (SSSR count). The number of nitrogens with one attached hydrogen (secondary N) is 1. The molecule has 5 nitrogen and oxygen atoms in total. The Bertz CT molecular complexity index is 1010. The number of nitrogens with zero attached hydrogens (tertiary/aromatic N) is 2. The first-order chi connectivity index (χ1) is 10.9. The SMILES string of the molecule is Cc1ccc(S(=O)(=O)Nc2nc3ccccc3nc2Cl)cc1F. The van der Waals surface area contributed by atoms with E-state index in [0.717, 1.165) is 6.07 Å². The maximum absolute atomic E-state index is 13.6. The van der Waals surface area contributed by atoms with E-state index in [1.807, 2.05) is 0 Å². The van der Waals surface area contributed by atoms with Gasteiger partial charge in [0.25, 0.3) is 10.0 Å². The van der Waals surface area contributed by atoms with Crippen molar-refractivity contribution >= 4 is 38.5 Å². The van der Waals surface area contributed by atoms with E-state index in [2.05, 4.69) is 14.7 Å². The van der Waals surface area contributed by atoms with Crippen LogP contribution in [0.25, 0.3) is 11.0 Å². The number of para-hydroxylation sites is 2. The third-order valence-corrected chi connectivity index (χ3v) is 4.81. The number of aryl methyl sites for hydroxylation is 1. The number of hydrogen-bond donors (Lipinski definition) is 1. The molecule has 23 heavy (non-hydrogen) atoms. The van der Waals surface area contributed by atoms with Crippen molar-refractivity contribution in [2.45, 2.75) is 11.8 Å². The topological polar surface area (TPSA) is 72.0 Å². The molecule has 0 saturated heterocycles. The van der Waals surface area contributed by atoms with Gasteiger partial charge in [-0.3, -0.25) is 4.72 Å². The normalized spacial score (nSPS) is 11.6. The molecule has 3 aromatic rings. The van der Waals surface area contributed by atoms with Gasteiger partial charge in [0.2, 0.25) is 0 Å². The minimum atomic E-state index is -4.02. The van der Waals surface area contributed by atoms with Gasteiger partial charge in [0.1, 0.15) is 5.82 Å². The second-order valence-electron chi connectivity index (χ2n) is 4.87. The van der Waals surface area contributed by atoms with E-state index in [0.29, 0.717) is 16.6 Å². The van der Waals surface area contributed by atoms with Crippen LogP contribution in [0.15, 0.2) is 47.4 Å². The lowest BCUT2D eigenvalue weighted by molar-refractivity contribution is 0.593. The molecule has 0 radical (unpaired) electrons. The summed E-state index contributed by atoms with van der Waals surface area (Å²) in [5.41, 5.74) is 1.39. The van der Waals surface area contributed by atoms with Crippen LogP contribution in [0.1, 0.15) is 5.56 Å². The van der Waals surface area contributed by atoms with Gasteiger partial charge >= 0.3 is 0 Å². The minimum Gasteiger partial charge on any atom is -0.261 e. The number of sulfonamides is 1. The molecule has 0 aliphatic rings. The second-order valence-corrected chi connectivity index (χ2v) is 6.91. The molecule has 0 saturated carbocycles. The van der Waals surface area contributed by atoms with Crippen molar-refractivity contribution < 1.29 is 12.8 Å². The van der Waals surface area contributed by atoms with Gasteiger partial charge in [-0.1, -0.05) is 29.8 Å². The van der Waals surface area contributed by atoms with Gasteiger partial charge in [0.05, 0.1) is 15.9 Å². The van der Waals surface area contributed by atoms with Gasteiger partial charge in [0, 0.05) is 0 Å². The number of fused-ring (bicyclic) bond motifs is 1. The third kappa shape index (κ3) is 3.11. The Balaban J connectivity index is 2.03. The first-order valence-electron chi connectivity index (χ1n) is 6.58. The van der Waals surface area contributed by atoms with E-state index in [4.69, 9.17) is 11.6 Å². The van der Waals surface area contributed by atoms with Gasteiger partial charge in [0.15, 0.2) is 11.0 Å². The summed E-state index contributed by atoms with van der Waals surface area (Å²) in [5.74, 6) is -0.713. The summed E-state index contributed by atoms with van der Waals surface area (Å²) in [6.45, 7) is 1.55. The quantitative estimate of drug-likeness (QED) is 0.783. The predicted molar refractivity (Wildman–Crippen MR) is 86.5 cm³/mol. The smallest absolute Gasteiger partial charge is 0.261 e. The fourth-order valence-electron chi connectivity index (χ4n) is 1.97. The Morgan fingerprint density at radius 2 is 1.74 bits per heavy atom. The Hall–Kier alpha value is -2.25. The van der Waals surface area contributed by atoms with Crippen LogP contribution in [-0.4, -0.2) is 18.4 Å². The average Bonchev–Trinajstić information content (AvgIpc) is 2.50. The van der Waals surface area contributed by atoms with Crippen LogP contribution in [0.2, 0.25) is 5.15 Å². The van der Waals surface area contributed by atoms with Crippen molar-refractivity contribution in [1.82, 2.24) is 9.97 Å². The zero-order valence-electron chi connectivity index (χ0n) is 11.9. The summed E-state index contributed by atoms with van der Waals surface area (Å²) in [6.07, 6.45) is 0. The Morgan fingerprint density at radius 3 is 2.39 bits per heavy atom. The molecule has 0 atom stereocenters. The Kier molecular flexibility index (Phi) is 3.91. The number of hydrogen-bond acceptors (Lipinski definition) is 4. The van der Waals surface area contributed by atoms with Crippen LogP contribution in [0.5, 0.6) is 0 Å². The van der Waals surface area contributed by atoms with Gasteiger partial charge < -0.3 is 0 Å². The molecule has 2 aromatic carbocycles. The zero-order chi connectivity index (χ0) is 16.6. The molecule has 0 fully saturated rings. The summed E-state index contributed by atoms with van der Waals surface area (Å²) in [7, 11) is -4.02. The van der Waals surface area contributed by atoms with E-state index >= 15 is 0 Å². The molecule has 0 aliphatic carbocycles. The van der Waals surface area contributed by atoms with E-state index in [1.165, 1.54) is 12.1 Å². The molecule has 1 aromatic heterocycles. The van der Waals surface area contributed by atoms with E-state index in [-0.39, 0.29) is 15.9 Å². The van der Waals surface area contributed by atoms with Crippen molar-refractivity contribution in [3.63, 3.8) is 0 Å². The summed E-state index contributed by atoms with van der Waals surface area (Å²) >= 11 is 5.98. The largest absolute Gasteiger partial charge is 0.263 e. The monoisotopic (exact) mass is 351 g/mol. The van der Waals surface area contributed by atoms with Crippen molar-refractivity contribution in [2.75, 3.05) is 4.72 Å². The molecule has 0 amide bonds. The molecule has 118 valence electrons. The van der Waals surface area contributed by atoms with E-state index in [1.54, 1.807) is 31.2 Å². The lowest BCUT2D eigenvalue weighted by Gasteiger charge is -2.10. The molecule has 0 aliphatic heterocycles. The van der Waals surface area contributed by atoms with Crippen LogP contribution in [0.4, 0.5) is 10.2 Å². The van der Waals surface area contributed by atoms with Crippen molar-refractivity contribution in [2.24, 2.45) is 0 Å². The number of anilines is 1. The highest BCUT2D eigenvalue weighted by atomic mass is 35.5. The maximum Gasteiger partial charge on any atom is 0.263 e. The van der Waals surface area contributed by atoms with Crippen LogP contribution >= 0.6 is 11.6 Å². The molecule has 0 unspecified atom stereocenters. The summed E-state index contributed by atoms with van der Waals surface area (Å²) in [4.78, 5) is 8.02. The number of aromatic nitrogens is 2. The molecule has 0 spiro atoms.